The zero-order chi connectivity index (χ0) is 19.7. The molecule has 1 radical (unpaired) electrons. The van der Waals surface area contributed by atoms with Crippen molar-refractivity contribution in [3.05, 3.63) is 127 Å². The third kappa shape index (κ3) is 5.70. The van der Waals surface area contributed by atoms with Crippen LogP contribution in [0.4, 0.5) is 0 Å². The van der Waals surface area contributed by atoms with Gasteiger partial charge in [-0.15, -0.1) is 71.3 Å². The van der Waals surface area contributed by atoms with Crippen LogP contribution in [-0.4, -0.2) is 9.97 Å². The van der Waals surface area contributed by atoms with Crippen LogP contribution in [0.2, 0.25) is 0 Å². The van der Waals surface area contributed by atoms with Gasteiger partial charge in [-0.1, -0.05) is 42.5 Å². The molecule has 0 aliphatic heterocycles. The largest absolute Gasteiger partial charge is 0.305 e. The summed E-state index contributed by atoms with van der Waals surface area (Å²) < 4.78 is 0. The van der Waals surface area contributed by atoms with Crippen LogP contribution in [0.1, 0.15) is 12.0 Å². The maximum Gasteiger partial charge on any atom is 0.0160 e. The molecular weight excluding hydrogens is 545 g/mol. The van der Waals surface area contributed by atoms with Crippen molar-refractivity contribution in [1.29, 1.82) is 0 Å². The predicted octanol–water partition coefficient (Wildman–Crippen LogP) is 6.44. The number of rotatable bonds is 3. The molecule has 1 aliphatic carbocycles. The molecule has 149 valence electrons. The van der Waals surface area contributed by atoms with Gasteiger partial charge in [0.2, 0.25) is 0 Å². The molecule has 2 aromatic heterocycles. The van der Waals surface area contributed by atoms with Gasteiger partial charge in [0.15, 0.2) is 0 Å². The Bertz CT molecular complexity index is 1070. The molecule has 0 N–H and O–H groups in total. The van der Waals surface area contributed by atoms with Gasteiger partial charge in [-0.3, -0.25) is 0 Å². The molecule has 30 heavy (non-hydrogen) atoms. The molecule has 0 amide bonds. The summed E-state index contributed by atoms with van der Waals surface area (Å²) in [5.41, 5.74) is 6.55. The van der Waals surface area contributed by atoms with E-state index in [1.165, 1.54) is 11.1 Å². The molecule has 2 aromatic carbocycles. The number of pyridine rings is 2. The Morgan fingerprint density at radius 1 is 0.700 bits per heavy atom. The first-order valence-electron chi connectivity index (χ1n) is 9.58. The molecule has 3 heteroatoms. The summed E-state index contributed by atoms with van der Waals surface area (Å²) in [5.74, 6) is 0. The normalized spacial score (nSPS) is 11.7. The van der Waals surface area contributed by atoms with Crippen molar-refractivity contribution in [2.75, 3.05) is 0 Å². The molecule has 0 saturated carbocycles. The Kier molecular flexibility index (Phi) is 8.02. The van der Waals surface area contributed by atoms with E-state index in [1.807, 2.05) is 72.9 Å². The first kappa shape index (κ1) is 21.6. The quantitative estimate of drug-likeness (QED) is 0.268. The van der Waals surface area contributed by atoms with Gasteiger partial charge in [0, 0.05) is 32.5 Å². The Hall–Kier alpha value is -3.13. The van der Waals surface area contributed by atoms with E-state index < -0.39 is 0 Å². The van der Waals surface area contributed by atoms with E-state index in [9.17, 15) is 0 Å². The Balaban J connectivity index is 0.000000175. The molecule has 5 rings (SSSR count). The van der Waals surface area contributed by atoms with E-state index in [2.05, 4.69) is 52.5 Å². The summed E-state index contributed by atoms with van der Waals surface area (Å²) in [5, 5.41) is 0. The molecule has 1 aliphatic rings. The molecule has 2 nitrogen and oxygen atoms in total. The van der Waals surface area contributed by atoms with Crippen LogP contribution in [0.3, 0.4) is 0 Å². The van der Waals surface area contributed by atoms with Crippen LogP contribution in [0.25, 0.3) is 28.1 Å². The van der Waals surface area contributed by atoms with Crippen LogP contribution < -0.4 is 0 Å². The SMILES string of the molecule is [Ir].[c-]1ccc(C2=CCC=C2)cc1-c1ccccn1.[c-]1ccccc1-c1ccccn1. The van der Waals surface area contributed by atoms with Crippen molar-refractivity contribution in [2.45, 2.75) is 6.42 Å². The number of benzene rings is 2. The minimum atomic E-state index is 0. The van der Waals surface area contributed by atoms with Gasteiger partial charge >= 0.3 is 0 Å². The van der Waals surface area contributed by atoms with Crippen molar-refractivity contribution in [1.82, 2.24) is 9.97 Å². The molecule has 4 aromatic rings. The third-order valence-electron chi connectivity index (χ3n) is 4.50. The third-order valence-corrected chi connectivity index (χ3v) is 4.50. The monoisotopic (exact) mass is 565 g/mol. The second-order valence-corrected chi connectivity index (χ2v) is 6.49. The standard InChI is InChI=1S/C16H12N.C11H8N.Ir/c1-2-7-13(6-1)14-8-5-9-15(12-14)16-10-3-4-11-17-16;1-2-6-10(7-3-1)11-8-4-5-9-12-11;/h1,3-8,10-12H,2H2;1-6,8-9H;/q2*-1;. The maximum atomic E-state index is 4.35. The van der Waals surface area contributed by atoms with Crippen LogP contribution in [0.5, 0.6) is 0 Å². The molecule has 0 bridgehead atoms. The first-order valence-corrected chi connectivity index (χ1v) is 9.58. The van der Waals surface area contributed by atoms with Crippen molar-refractivity contribution >= 4 is 5.57 Å². The van der Waals surface area contributed by atoms with E-state index in [0.717, 1.165) is 28.9 Å². The average molecular weight is 565 g/mol. The van der Waals surface area contributed by atoms with E-state index in [4.69, 9.17) is 0 Å². The molecule has 0 unspecified atom stereocenters. The summed E-state index contributed by atoms with van der Waals surface area (Å²) >= 11 is 0. The van der Waals surface area contributed by atoms with Crippen LogP contribution in [0, 0.1) is 12.1 Å². The molecular formula is C27H20IrN2-2. The van der Waals surface area contributed by atoms with Gasteiger partial charge in [0.05, 0.1) is 0 Å². The second-order valence-electron chi connectivity index (χ2n) is 6.49. The summed E-state index contributed by atoms with van der Waals surface area (Å²) in [4.78, 5) is 8.57. The van der Waals surface area contributed by atoms with Crippen LogP contribution in [-0.2, 0) is 20.1 Å². The summed E-state index contributed by atoms with van der Waals surface area (Å²) in [6.45, 7) is 0. The van der Waals surface area contributed by atoms with Gasteiger partial charge in [0.25, 0.3) is 0 Å². The van der Waals surface area contributed by atoms with Gasteiger partial charge < -0.3 is 9.97 Å². The number of aromatic nitrogens is 2. The van der Waals surface area contributed by atoms with Crippen molar-refractivity contribution in [2.24, 2.45) is 0 Å². The summed E-state index contributed by atoms with van der Waals surface area (Å²) in [6.07, 6.45) is 11.2. The fraction of sp³-hybridized carbons (Fsp3) is 0.0370. The van der Waals surface area contributed by atoms with E-state index >= 15 is 0 Å². The molecule has 0 saturated heterocycles. The van der Waals surface area contributed by atoms with E-state index in [1.54, 1.807) is 6.20 Å². The molecule has 2 heterocycles. The summed E-state index contributed by atoms with van der Waals surface area (Å²) in [7, 11) is 0. The Morgan fingerprint density at radius 3 is 2.00 bits per heavy atom. The summed E-state index contributed by atoms with van der Waals surface area (Å²) in [6, 6.07) is 32.2. The van der Waals surface area contributed by atoms with E-state index in [0.29, 0.717) is 0 Å². The van der Waals surface area contributed by atoms with Gasteiger partial charge in [-0.2, -0.15) is 0 Å². The van der Waals surface area contributed by atoms with Crippen LogP contribution >= 0.6 is 0 Å². The van der Waals surface area contributed by atoms with Crippen molar-refractivity contribution < 1.29 is 20.1 Å². The predicted molar refractivity (Wildman–Crippen MR) is 119 cm³/mol. The Labute approximate surface area is 191 Å². The number of hydrogen-bond donors (Lipinski definition) is 0. The fourth-order valence-corrected chi connectivity index (χ4v) is 3.06. The van der Waals surface area contributed by atoms with Gasteiger partial charge in [0.1, 0.15) is 0 Å². The minimum absolute atomic E-state index is 0. The van der Waals surface area contributed by atoms with E-state index in [-0.39, 0.29) is 20.1 Å². The van der Waals surface area contributed by atoms with Crippen molar-refractivity contribution in [3.63, 3.8) is 0 Å². The number of allylic oxidation sites excluding steroid dienone is 4. The van der Waals surface area contributed by atoms with Gasteiger partial charge in [-0.25, -0.2) is 0 Å². The van der Waals surface area contributed by atoms with Crippen LogP contribution in [0.15, 0.2) is 109 Å². The van der Waals surface area contributed by atoms with Gasteiger partial charge in [-0.05, 0) is 35.5 Å². The Morgan fingerprint density at radius 2 is 1.40 bits per heavy atom. The second kappa shape index (κ2) is 11.2. The average Bonchev–Trinajstić information content (AvgIpc) is 3.37. The first-order chi connectivity index (χ1) is 14.4. The molecule has 0 atom stereocenters. The number of hydrogen-bond acceptors (Lipinski definition) is 2. The number of nitrogens with zero attached hydrogens (tertiary/aromatic N) is 2. The van der Waals surface area contributed by atoms with Crippen molar-refractivity contribution in [3.8, 4) is 22.5 Å². The minimum Gasteiger partial charge on any atom is -0.305 e. The topological polar surface area (TPSA) is 25.8 Å². The smallest absolute Gasteiger partial charge is 0.0160 e. The molecule has 0 spiro atoms. The zero-order valence-electron chi connectivity index (χ0n) is 16.3. The molecule has 0 fully saturated rings. The zero-order valence-corrected chi connectivity index (χ0v) is 18.7. The fourth-order valence-electron chi connectivity index (χ4n) is 3.06. The maximum absolute atomic E-state index is 4.35.